The lowest BCUT2D eigenvalue weighted by molar-refractivity contribution is 0.180. The zero-order chi connectivity index (χ0) is 19.4. The van der Waals surface area contributed by atoms with Crippen LogP contribution in [0.25, 0.3) is 0 Å². The molecule has 0 unspecified atom stereocenters. The maximum atomic E-state index is 13.3. The number of halogens is 2. The van der Waals surface area contributed by atoms with Crippen molar-refractivity contribution >= 4 is 10.0 Å². The number of aryl methyl sites for hydroxylation is 1. The molecule has 0 radical (unpaired) electrons. The lowest BCUT2D eigenvalue weighted by Crippen LogP contribution is -2.40. The van der Waals surface area contributed by atoms with E-state index in [-0.39, 0.29) is 11.5 Å². The summed E-state index contributed by atoms with van der Waals surface area (Å²) in [5, 5.41) is 0. The highest BCUT2D eigenvalue weighted by Gasteiger charge is 2.28. The summed E-state index contributed by atoms with van der Waals surface area (Å²) in [6, 6.07) is 6.60. The van der Waals surface area contributed by atoms with Crippen LogP contribution in [0.2, 0.25) is 0 Å². The van der Waals surface area contributed by atoms with Crippen molar-refractivity contribution in [3.05, 3.63) is 59.3 Å². The van der Waals surface area contributed by atoms with Crippen molar-refractivity contribution in [3.63, 3.8) is 0 Å². The molecule has 0 amide bonds. The van der Waals surface area contributed by atoms with Crippen molar-refractivity contribution in [1.82, 2.24) is 9.29 Å². The zero-order valence-electron chi connectivity index (χ0n) is 15.1. The third-order valence-corrected chi connectivity index (χ3v) is 6.51. The largest absolute Gasteiger partial charge is 0.477 e. The van der Waals surface area contributed by atoms with Crippen LogP contribution in [0.1, 0.15) is 24.0 Å². The highest BCUT2D eigenvalue weighted by molar-refractivity contribution is 7.88. The van der Waals surface area contributed by atoms with Gasteiger partial charge in [0.05, 0.1) is 12.4 Å². The van der Waals surface area contributed by atoms with E-state index in [4.69, 9.17) is 4.74 Å². The Hall–Kier alpha value is -2.06. The Labute approximate surface area is 158 Å². The first-order chi connectivity index (χ1) is 12.8. The van der Waals surface area contributed by atoms with Crippen LogP contribution >= 0.6 is 0 Å². The molecule has 0 bridgehead atoms. The highest BCUT2D eigenvalue weighted by Crippen LogP contribution is 2.23. The number of piperidine rings is 1. The molecule has 0 atom stereocenters. The second-order valence-electron chi connectivity index (χ2n) is 6.81. The van der Waals surface area contributed by atoms with Gasteiger partial charge < -0.3 is 4.74 Å². The molecule has 0 saturated carbocycles. The number of hydrogen-bond acceptors (Lipinski definition) is 4. The molecule has 5 nitrogen and oxygen atoms in total. The van der Waals surface area contributed by atoms with Crippen LogP contribution in [-0.2, 0) is 15.8 Å². The Morgan fingerprint density at radius 1 is 1.19 bits per heavy atom. The summed E-state index contributed by atoms with van der Waals surface area (Å²) in [6.07, 6.45) is 3.01. The van der Waals surface area contributed by atoms with E-state index in [1.807, 2.05) is 19.1 Å². The number of sulfonamides is 1. The van der Waals surface area contributed by atoms with Gasteiger partial charge in [0.25, 0.3) is 0 Å². The highest BCUT2D eigenvalue weighted by atomic mass is 32.2. The number of hydrogen-bond donors (Lipinski definition) is 0. The number of pyridine rings is 1. The van der Waals surface area contributed by atoms with Crippen LogP contribution in [0, 0.1) is 24.5 Å². The molecule has 2 aromatic rings. The molecule has 3 rings (SSSR count). The van der Waals surface area contributed by atoms with Crippen molar-refractivity contribution in [2.24, 2.45) is 5.92 Å². The average molecular weight is 396 g/mol. The summed E-state index contributed by atoms with van der Waals surface area (Å²) in [7, 11) is -3.62. The number of benzene rings is 1. The Kier molecular flexibility index (Phi) is 6.06. The van der Waals surface area contributed by atoms with Gasteiger partial charge in [-0.2, -0.15) is 0 Å². The Bertz CT molecular complexity index is 877. The topological polar surface area (TPSA) is 59.5 Å². The molecule has 1 aromatic heterocycles. The Morgan fingerprint density at radius 3 is 2.48 bits per heavy atom. The fraction of sp³-hybridized carbons (Fsp3) is 0.421. The maximum absolute atomic E-state index is 13.3. The summed E-state index contributed by atoms with van der Waals surface area (Å²) in [5.74, 6) is -1.12. The predicted molar refractivity (Wildman–Crippen MR) is 97.7 cm³/mol. The van der Waals surface area contributed by atoms with E-state index in [1.165, 1.54) is 4.31 Å². The van der Waals surface area contributed by atoms with E-state index in [0.29, 0.717) is 38.4 Å². The second-order valence-corrected chi connectivity index (χ2v) is 8.78. The standard InChI is InChI=1S/C19H22F2N2O3S/c1-14-3-2-6-22-19(14)26-12-15-4-7-23(8-5-15)27(24,25)13-16-9-17(20)11-18(21)10-16/h2-3,6,9-11,15H,4-5,7-8,12-13H2,1H3. The lowest BCUT2D eigenvalue weighted by atomic mass is 9.99. The Balaban J connectivity index is 1.54. The summed E-state index contributed by atoms with van der Waals surface area (Å²) in [6.45, 7) is 3.15. The maximum Gasteiger partial charge on any atom is 0.218 e. The molecule has 1 saturated heterocycles. The molecule has 27 heavy (non-hydrogen) atoms. The lowest BCUT2D eigenvalue weighted by Gasteiger charge is -2.31. The summed E-state index contributed by atoms with van der Waals surface area (Å²) in [5.41, 5.74) is 1.07. The van der Waals surface area contributed by atoms with Crippen molar-refractivity contribution < 1.29 is 21.9 Å². The van der Waals surface area contributed by atoms with Gasteiger partial charge in [0.1, 0.15) is 11.6 Å². The quantitative estimate of drug-likeness (QED) is 0.752. The van der Waals surface area contributed by atoms with E-state index >= 15 is 0 Å². The number of ether oxygens (including phenoxy) is 1. The molecule has 1 aliphatic heterocycles. The minimum Gasteiger partial charge on any atom is -0.477 e. The van der Waals surface area contributed by atoms with E-state index in [2.05, 4.69) is 4.98 Å². The van der Waals surface area contributed by atoms with Gasteiger partial charge in [-0.05, 0) is 49.4 Å². The van der Waals surface area contributed by atoms with Gasteiger partial charge in [-0.25, -0.2) is 26.5 Å². The van der Waals surface area contributed by atoms with Crippen LogP contribution in [0.4, 0.5) is 8.78 Å². The van der Waals surface area contributed by atoms with E-state index in [0.717, 1.165) is 23.8 Å². The van der Waals surface area contributed by atoms with Crippen LogP contribution < -0.4 is 4.74 Å². The molecule has 2 heterocycles. The first-order valence-electron chi connectivity index (χ1n) is 8.81. The molecular weight excluding hydrogens is 374 g/mol. The fourth-order valence-electron chi connectivity index (χ4n) is 3.17. The van der Waals surface area contributed by atoms with Gasteiger partial charge in [-0.3, -0.25) is 0 Å². The van der Waals surface area contributed by atoms with E-state index < -0.39 is 27.4 Å². The minimum absolute atomic E-state index is 0.114. The van der Waals surface area contributed by atoms with Gasteiger partial charge in [-0.15, -0.1) is 0 Å². The molecule has 0 spiro atoms. The van der Waals surface area contributed by atoms with Gasteiger partial charge in [-0.1, -0.05) is 6.07 Å². The second kappa shape index (κ2) is 8.31. The van der Waals surface area contributed by atoms with Crippen LogP contribution in [0.5, 0.6) is 5.88 Å². The third kappa shape index (κ3) is 5.23. The third-order valence-electron chi connectivity index (χ3n) is 4.66. The van der Waals surface area contributed by atoms with E-state index in [9.17, 15) is 17.2 Å². The van der Waals surface area contributed by atoms with Crippen molar-refractivity contribution in [2.45, 2.75) is 25.5 Å². The molecule has 1 aromatic carbocycles. The summed E-state index contributed by atoms with van der Waals surface area (Å²) < 4.78 is 58.8. The zero-order valence-corrected chi connectivity index (χ0v) is 15.9. The van der Waals surface area contributed by atoms with Gasteiger partial charge in [0.2, 0.25) is 15.9 Å². The average Bonchev–Trinajstić information content (AvgIpc) is 2.60. The number of nitrogens with zero attached hydrogens (tertiary/aromatic N) is 2. The molecule has 1 fully saturated rings. The molecule has 0 aliphatic carbocycles. The van der Waals surface area contributed by atoms with Gasteiger partial charge in [0, 0.05) is 30.9 Å². The smallest absolute Gasteiger partial charge is 0.218 e. The molecule has 1 aliphatic rings. The van der Waals surface area contributed by atoms with Crippen LogP contribution in [-0.4, -0.2) is 37.4 Å². The Morgan fingerprint density at radius 2 is 1.85 bits per heavy atom. The van der Waals surface area contributed by atoms with Crippen LogP contribution in [0.3, 0.4) is 0 Å². The first kappa shape index (κ1) is 19.7. The minimum atomic E-state index is -3.62. The predicted octanol–water partition coefficient (Wildman–Crippen LogP) is 3.29. The number of aromatic nitrogens is 1. The fourth-order valence-corrected chi connectivity index (χ4v) is 4.71. The first-order valence-corrected chi connectivity index (χ1v) is 10.4. The molecule has 146 valence electrons. The number of rotatable bonds is 6. The van der Waals surface area contributed by atoms with E-state index in [1.54, 1.807) is 6.20 Å². The molecule has 0 N–H and O–H groups in total. The SMILES string of the molecule is Cc1cccnc1OCC1CCN(S(=O)(=O)Cc2cc(F)cc(F)c2)CC1. The van der Waals surface area contributed by atoms with Crippen LogP contribution in [0.15, 0.2) is 36.5 Å². The van der Waals surface area contributed by atoms with Crippen molar-refractivity contribution in [2.75, 3.05) is 19.7 Å². The molecule has 8 heteroatoms. The normalized spacial score (nSPS) is 16.4. The van der Waals surface area contributed by atoms with Crippen molar-refractivity contribution in [3.8, 4) is 5.88 Å². The van der Waals surface area contributed by atoms with Gasteiger partial charge in [0.15, 0.2) is 0 Å². The monoisotopic (exact) mass is 396 g/mol. The summed E-state index contributed by atoms with van der Waals surface area (Å²) >= 11 is 0. The van der Waals surface area contributed by atoms with Gasteiger partial charge >= 0.3 is 0 Å². The van der Waals surface area contributed by atoms with Crippen molar-refractivity contribution in [1.29, 1.82) is 0 Å². The summed E-state index contributed by atoms with van der Waals surface area (Å²) in [4.78, 5) is 4.19. The molecular formula is C19H22F2N2O3S.